The van der Waals surface area contributed by atoms with Gasteiger partial charge in [0.15, 0.2) is 0 Å². The monoisotopic (exact) mass is 331 g/mol. The first-order valence-corrected chi connectivity index (χ1v) is 7.97. The molecule has 0 bridgehead atoms. The minimum absolute atomic E-state index is 0.0975. The second-order valence-corrected chi connectivity index (χ2v) is 6.05. The minimum atomic E-state index is -0.0975. The molecule has 120 valence electrons. The molecule has 1 aliphatic heterocycles. The van der Waals surface area contributed by atoms with Gasteiger partial charge in [0.2, 0.25) is 0 Å². The number of hydrogen-bond acceptors (Lipinski definition) is 4. The van der Waals surface area contributed by atoms with E-state index in [0.29, 0.717) is 32.0 Å². The molecule has 0 spiro atoms. The molecule has 1 fully saturated rings. The van der Waals surface area contributed by atoms with Crippen molar-refractivity contribution in [3.8, 4) is 0 Å². The number of carbonyl (C=O) groups excluding carboxylic acids is 1. The molecule has 2 heterocycles. The fourth-order valence-electron chi connectivity index (χ4n) is 2.76. The van der Waals surface area contributed by atoms with Crippen LogP contribution in [0.4, 0.5) is 0 Å². The van der Waals surface area contributed by atoms with Crippen molar-refractivity contribution in [3.05, 3.63) is 59.1 Å². The molecule has 0 N–H and O–H groups in total. The predicted molar refractivity (Wildman–Crippen MR) is 87.4 cm³/mol. The molecule has 2 aromatic rings. The number of nitrogens with zero attached hydrogens (tertiary/aromatic N) is 3. The normalized spacial score (nSPS) is 18.5. The fourth-order valence-corrected chi connectivity index (χ4v) is 2.97. The van der Waals surface area contributed by atoms with E-state index in [1.807, 2.05) is 24.3 Å². The average molecular weight is 332 g/mol. The number of carbonyl (C=O) groups is 1. The van der Waals surface area contributed by atoms with Gasteiger partial charge in [0.25, 0.3) is 5.91 Å². The standard InChI is InChI=1S/C17H18ClN3O2/c18-15-3-1-2-13(9-15)8-14-11-21(6-7-23-12-14)17(22)16-10-19-4-5-20-16/h1-5,9-10,14H,6-8,11-12H2. The lowest BCUT2D eigenvalue weighted by atomic mass is 9.99. The third-order valence-electron chi connectivity index (χ3n) is 3.82. The van der Waals surface area contributed by atoms with Gasteiger partial charge < -0.3 is 9.64 Å². The molecule has 0 saturated carbocycles. The van der Waals surface area contributed by atoms with Gasteiger partial charge in [0.05, 0.1) is 19.4 Å². The summed E-state index contributed by atoms with van der Waals surface area (Å²) in [6.45, 7) is 2.39. The number of benzene rings is 1. The van der Waals surface area contributed by atoms with E-state index in [9.17, 15) is 4.79 Å². The lowest BCUT2D eigenvalue weighted by Gasteiger charge is -2.23. The largest absolute Gasteiger partial charge is 0.379 e. The first-order chi connectivity index (χ1) is 11.2. The third kappa shape index (κ3) is 4.27. The Morgan fingerprint density at radius 2 is 2.30 bits per heavy atom. The molecule has 1 amide bonds. The Morgan fingerprint density at radius 3 is 3.09 bits per heavy atom. The maximum atomic E-state index is 12.6. The maximum Gasteiger partial charge on any atom is 0.274 e. The summed E-state index contributed by atoms with van der Waals surface area (Å²) in [5.74, 6) is 0.135. The summed E-state index contributed by atoms with van der Waals surface area (Å²) in [5, 5.41) is 0.726. The van der Waals surface area contributed by atoms with Gasteiger partial charge in [0.1, 0.15) is 5.69 Å². The van der Waals surface area contributed by atoms with Crippen LogP contribution in [0.15, 0.2) is 42.9 Å². The molecular formula is C17H18ClN3O2. The Kier molecular flexibility index (Phi) is 5.20. The van der Waals surface area contributed by atoms with E-state index in [1.54, 1.807) is 11.1 Å². The highest BCUT2D eigenvalue weighted by molar-refractivity contribution is 6.30. The highest BCUT2D eigenvalue weighted by atomic mass is 35.5. The van der Waals surface area contributed by atoms with Crippen LogP contribution in [-0.4, -0.2) is 47.1 Å². The van der Waals surface area contributed by atoms with Crippen LogP contribution in [0.1, 0.15) is 16.1 Å². The zero-order valence-electron chi connectivity index (χ0n) is 12.7. The number of rotatable bonds is 3. The van der Waals surface area contributed by atoms with Gasteiger partial charge in [-0.15, -0.1) is 0 Å². The van der Waals surface area contributed by atoms with Crippen LogP contribution in [0, 0.1) is 5.92 Å². The van der Waals surface area contributed by atoms with Crippen LogP contribution in [0.5, 0.6) is 0 Å². The Balaban J connectivity index is 1.70. The van der Waals surface area contributed by atoms with Crippen LogP contribution >= 0.6 is 11.6 Å². The van der Waals surface area contributed by atoms with Crippen LogP contribution in [0.2, 0.25) is 5.02 Å². The number of aromatic nitrogens is 2. The second kappa shape index (κ2) is 7.53. The van der Waals surface area contributed by atoms with Crippen molar-refractivity contribution in [2.45, 2.75) is 6.42 Å². The molecule has 23 heavy (non-hydrogen) atoms. The highest BCUT2D eigenvalue weighted by Gasteiger charge is 2.24. The summed E-state index contributed by atoms with van der Waals surface area (Å²) < 4.78 is 5.66. The van der Waals surface area contributed by atoms with Crippen LogP contribution in [0.3, 0.4) is 0 Å². The van der Waals surface area contributed by atoms with Gasteiger partial charge in [-0.1, -0.05) is 23.7 Å². The SMILES string of the molecule is O=C(c1cnccn1)N1CCOCC(Cc2cccc(Cl)c2)C1. The third-order valence-corrected chi connectivity index (χ3v) is 4.06. The molecular weight excluding hydrogens is 314 g/mol. The molecule has 1 aromatic heterocycles. The number of halogens is 1. The molecule has 0 aliphatic carbocycles. The lowest BCUT2D eigenvalue weighted by molar-refractivity contribution is 0.0731. The first-order valence-electron chi connectivity index (χ1n) is 7.60. The van der Waals surface area contributed by atoms with Crippen molar-refractivity contribution in [2.75, 3.05) is 26.3 Å². The fraction of sp³-hybridized carbons (Fsp3) is 0.353. The number of amides is 1. The first kappa shape index (κ1) is 15.9. The topological polar surface area (TPSA) is 55.3 Å². The summed E-state index contributed by atoms with van der Waals surface area (Å²) in [6.07, 6.45) is 5.42. The molecule has 6 heteroatoms. The Morgan fingerprint density at radius 1 is 1.39 bits per heavy atom. The van der Waals surface area contributed by atoms with Gasteiger partial charge >= 0.3 is 0 Å². The van der Waals surface area contributed by atoms with Crippen molar-refractivity contribution >= 4 is 17.5 Å². The number of hydrogen-bond donors (Lipinski definition) is 0. The van der Waals surface area contributed by atoms with E-state index < -0.39 is 0 Å². The van der Waals surface area contributed by atoms with E-state index in [0.717, 1.165) is 17.0 Å². The minimum Gasteiger partial charge on any atom is -0.379 e. The van der Waals surface area contributed by atoms with Gasteiger partial charge in [-0.25, -0.2) is 4.98 Å². The summed E-state index contributed by atoms with van der Waals surface area (Å²) >= 11 is 6.04. The van der Waals surface area contributed by atoms with E-state index in [2.05, 4.69) is 9.97 Å². The smallest absolute Gasteiger partial charge is 0.274 e. The van der Waals surface area contributed by atoms with Crippen LogP contribution in [-0.2, 0) is 11.2 Å². The summed E-state index contributed by atoms with van der Waals surface area (Å²) in [6, 6.07) is 7.81. The van der Waals surface area contributed by atoms with E-state index in [4.69, 9.17) is 16.3 Å². The predicted octanol–water partition coefficient (Wildman–Crippen LogP) is 2.46. The van der Waals surface area contributed by atoms with Gasteiger partial charge in [-0.05, 0) is 24.1 Å². The summed E-state index contributed by atoms with van der Waals surface area (Å²) in [4.78, 5) is 22.4. The Hall–Kier alpha value is -1.98. The summed E-state index contributed by atoms with van der Waals surface area (Å²) in [7, 11) is 0. The zero-order chi connectivity index (χ0) is 16.1. The van der Waals surface area contributed by atoms with Crippen molar-refractivity contribution in [3.63, 3.8) is 0 Å². The van der Waals surface area contributed by atoms with Crippen molar-refractivity contribution < 1.29 is 9.53 Å². The molecule has 1 aliphatic rings. The molecule has 1 atom stereocenters. The van der Waals surface area contributed by atoms with Crippen molar-refractivity contribution in [2.24, 2.45) is 5.92 Å². The number of ether oxygens (including phenoxy) is 1. The summed E-state index contributed by atoms with van der Waals surface area (Å²) in [5.41, 5.74) is 1.52. The van der Waals surface area contributed by atoms with E-state index in [-0.39, 0.29) is 11.8 Å². The van der Waals surface area contributed by atoms with Crippen molar-refractivity contribution in [1.29, 1.82) is 0 Å². The van der Waals surface area contributed by atoms with Gasteiger partial charge in [-0.2, -0.15) is 0 Å². The Bertz CT molecular complexity index is 666. The van der Waals surface area contributed by atoms with E-state index in [1.165, 1.54) is 12.4 Å². The van der Waals surface area contributed by atoms with Crippen molar-refractivity contribution in [1.82, 2.24) is 14.9 Å². The second-order valence-electron chi connectivity index (χ2n) is 5.62. The lowest BCUT2D eigenvalue weighted by Crippen LogP contribution is -2.36. The van der Waals surface area contributed by atoms with Crippen LogP contribution in [0.25, 0.3) is 0 Å². The Labute approximate surface area is 140 Å². The average Bonchev–Trinajstić information content (AvgIpc) is 2.80. The van der Waals surface area contributed by atoms with Gasteiger partial charge in [0, 0.05) is 36.4 Å². The van der Waals surface area contributed by atoms with Gasteiger partial charge in [-0.3, -0.25) is 9.78 Å². The molecule has 0 radical (unpaired) electrons. The molecule has 1 saturated heterocycles. The highest BCUT2D eigenvalue weighted by Crippen LogP contribution is 2.18. The maximum absolute atomic E-state index is 12.6. The molecule has 3 rings (SSSR count). The zero-order valence-corrected chi connectivity index (χ0v) is 13.4. The quantitative estimate of drug-likeness (QED) is 0.867. The van der Waals surface area contributed by atoms with E-state index >= 15 is 0 Å². The molecule has 1 unspecified atom stereocenters. The molecule has 1 aromatic carbocycles. The molecule has 5 nitrogen and oxygen atoms in total. The van der Waals surface area contributed by atoms with Crippen LogP contribution < -0.4 is 0 Å².